The Labute approximate surface area is 338 Å². The molecule has 0 bridgehead atoms. The van der Waals surface area contributed by atoms with E-state index in [-0.39, 0.29) is 34.2 Å². The fourth-order valence-electron chi connectivity index (χ4n) is 13.4. The number of fused-ring (bicyclic) bond motifs is 11. The number of aliphatic hydroxyl groups excluding tert-OH is 2. The summed E-state index contributed by atoms with van der Waals surface area (Å²) in [6.45, 7) is 23.6. The molecule has 0 spiro atoms. The van der Waals surface area contributed by atoms with E-state index in [1.165, 1.54) is 11.3 Å². The van der Waals surface area contributed by atoms with Crippen LogP contribution in [0.4, 0.5) is 0 Å². The van der Waals surface area contributed by atoms with Crippen molar-refractivity contribution in [3.8, 4) is 5.75 Å². The second-order valence-corrected chi connectivity index (χ2v) is 22.1. The first-order chi connectivity index (χ1) is 26.6. The normalized spacial score (nSPS) is 34.3. The van der Waals surface area contributed by atoms with Gasteiger partial charge in [0.25, 0.3) is 0 Å². The zero-order chi connectivity index (χ0) is 41.0. The van der Waals surface area contributed by atoms with Gasteiger partial charge in [0.05, 0.1) is 45.3 Å². The molecule has 0 radical (unpaired) electrons. The maximum Gasteiger partial charge on any atom is 0.182 e. The predicted octanol–water partition coefficient (Wildman–Crippen LogP) is 9.89. The van der Waals surface area contributed by atoms with Crippen LogP contribution in [0, 0.1) is 28.6 Å². The van der Waals surface area contributed by atoms with Crippen LogP contribution in [0.1, 0.15) is 122 Å². The molecule has 1 aliphatic heterocycles. The van der Waals surface area contributed by atoms with Crippen LogP contribution in [0.25, 0.3) is 27.4 Å². The Balaban J connectivity index is 1.18. The lowest BCUT2D eigenvalue weighted by atomic mass is 9.40. The highest BCUT2D eigenvalue weighted by Crippen LogP contribution is 2.71. The highest BCUT2D eigenvalue weighted by molar-refractivity contribution is 7.91. The maximum atomic E-state index is 13.1. The summed E-state index contributed by atoms with van der Waals surface area (Å²) >= 11 is 0. The number of aromatic nitrogens is 1. The van der Waals surface area contributed by atoms with Gasteiger partial charge in [0.1, 0.15) is 5.75 Å². The largest absolute Gasteiger partial charge is 0.505 e. The van der Waals surface area contributed by atoms with Crippen molar-refractivity contribution in [2.24, 2.45) is 28.6 Å². The van der Waals surface area contributed by atoms with Crippen molar-refractivity contribution in [3.05, 3.63) is 101 Å². The van der Waals surface area contributed by atoms with Crippen LogP contribution in [0.15, 0.2) is 77.7 Å². The Kier molecular flexibility index (Phi) is 8.30. The number of hydrogen-bond donors (Lipinski definition) is 3. The standard InChI is InChI=1S/C49H59NO6S/c1-27(2)40-43(53)38-37-31(34-25-45(4,5)56-46(6,7)39(34)42(37)52)24-32-33-23-29-18-19-35-47(8,21-14-15-28(3)26-57(54,55)30-16-12-11-13-17-30)36(51)20-22-48(35,9)49(29,10)44(33)50(40)41(32)38/h11-17,21,24-25,29,35-36,39,42,51-53H,1,18-20,22-23,26H2,2-10H3/t29?,35-,36-,39?,42+,47-,48-,49+/m0/s1. The van der Waals surface area contributed by atoms with E-state index in [1.807, 2.05) is 32.1 Å². The van der Waals surface area contributed by atoms with Crippen LogP contribution < -0.4 is 0 Å². The lowest BCUT2D eigenvalue weighted by molar-refractivity contribution is -0.144. The third-order valence-corrected chi connectivity index (χ3v) is 17.6. The van der Waals surface area contributed by atoms with Crippen LogP contribution in [0.5, 0.6) is 5.75 Å². The molecule has 3 N–H and O–H groups in total. The monoisotopic (exact) mass is 789 g/mol. The molecule has 2 saturated carbocycles. The minimum Gasteiger partial charge on any atom is -0.505 e. The smallest absolute Gasteiger partial charge is 0.182 e. The fraction of sp³-hybridized carbons (Fsp3) is 0.510. The number of ether oxygens (including phenoxy) is 1. The van der Waals surface area contributed by atoms with E-state index in [1.54, 1.807) is 24.3 Å². The molecule has 4 aromatic rings. The molecule has 0 amide bonds. The Morgan fingerprint density at radius 2 is 1.72 bits per heavy atom. The average Bonchev–Trinajstić information content (AvgIpc) is 3.79. The molecular formula is C49H59NO6S. The Morgan fingerprint density at radius 1 is 1.02 bits per heavy atom. The number of nitrogens with zero attached hydrogens (tertiary/aromatic N) is 1. The van der Waals surface area contributed by atoms with E-state index in [0.717, 1.165) is 69.8 Å². The van der Waals surface area contributed by atoms with Crippen LogP contribution >= 0.6 is 0 Å². The number of allylic oxidation sites excluding steroid dienone is 3. The number of aliphatic hydroxyl groups is 2. The molecule has 2 aromatic heterocycles. The number of rotatable bonds is 6. The van der Waals surface area contributed by atoms with Gasteiger partial charge in [0, 0.05) is 38.8 Å². The summed E-state index contributed by atoms with van der Waals surface area (Å²) in [5.41, 5.74) is 6.47. The van der Waals surface area contributed by atoms with Crippen molar-refractivity contribution >= 4 is 37.3 Å². The summed E-state index contributed by atoms with van der Waals surface area (Å²) in [5, 5.41) is 38.4. The van der Waals surface area contributed by atoms with Gasteiger partial charge in [0.2, 0.25) is 0 Å². The van der Waals surface area contributed by atoms with Crippen molar-refractivity contribution in [2.45, 2.75) is 128 Å². The minimum atomic E-state index is -3.47. The maximum absolute atomic E-state index is 13.1. The summed E-state index contributed by atoms with van der Waals surface area (Å²) in [4.78, 5) is 0.318. The zero-order valence-corrected chi connectivity index (χ0v) is 35.8. The van der Waals surface area contributed by atoms with Crippen LogP contribution in [0.3, 0.4) is 0 Å². The van der Waals surface area contributed by atoms with Gasteiger partial charge in [-0.25, -0.2) is 8.42 Å². The van der Waals surface area contributed by atoms with Crippen molar-refractivity contribution in [1.82, 2.24) is 4.40 Å². The number of sulfone groups is 1. The van der Waals surface area contributed by atoms with Gasteiger partial charge < -0.3 is 24.5 Å². The van der Waals surface area contributed by atoms with E-state index >= 15 is 0 Å². The number of benzene rings is 2. The third kappa shape index (κ3) is 5.09. The molecule has 57 heavy (non-hydrogen) atoms. The van der Waals surface area contributed by atoms with E-state index in [4.69, 9.17) is 4.74 Å². The molecule has 5 aliphatic rings. The SMILES string of the molecule is C=C(C)c1c(O)c2c3c(cc4c5c(n1c42)[C@@]1(C)C(CC[C@H]2[C@](C)(C=CC=C(C)CS(=O)(=O)c4ccccc4)[C@@H](O)CC[C@@]21C)C5)C1=CC(C)(C)OC(C)(C)C1[C@@H]3O. The molecule has 9 rings (SSSR count). The Morgan fingerprint density at radius 3 is 2.40 bits per heavy atom. The molecule has 8 heteroatoms. The summed E-state index contributed by atoms with van der Waals surface area (Å²) in [6, 6.07) is 10.9. The average molecular weight is 790 g/mol. The van der Waals surface area contributed by atoms with Gasteiger partial charge in [-0.2, -0.15) is 0 Å². The van der Waals surface area contributed by atoms with Gasteiger partial charge in [-0.15, -0.1) is 0 Å². The lowest BCUT2D eigenvalue weighted by Gasteiger charge is -2.64. The lowest BCUT2D eigenvalue weighted by Crippen LogP contribution is -2.62. The summed E-state index contributed by atoms with van der Waals surface area (Å²) in [5.74, 6) is 0.365. The second-order valence-electron chi connectivity index (χ2n) is 20.1. The van der Waals surface area contributed by atoms with Crippen LogP contribution in [-0.4, -0.2) is 51.2 Å². The molecule has 2 unspecified atom stereocenters. The quantitative estimate of drug-likeness (QED) is 0.168. The molecule has 7 nitrogen and oxygen atoms in total. The topological polar surface area (TPSA) is 108 Å². The molecule has 302 valence electrons. The molecule has 4 aliphatic carbocycles. The Hall–Kier alpha value is -3.69. The van der Waals surface area contributed by atoms with Crippen molar-refractivity contribution in [3.63, 3.8) is 0 Å². The van der Waals surface area contributed by atoms with Gasteiger partial charge in [-0.3, -0.25) is 0 Å². The van der Waals surface area contributed by atoms with Gasteiger partial charge >= 0.3 is 0 Å². The van der Waals surface area contributed by atoms with E-state index in [9.17, 15) is 23.7 Å². The molecular weight excluding hydrogens is 731 g/mol. The number of hydrogen-bond acceptors (Lipinski definition) is 6. The summed E-state index contributed by atoms with van der Waals surface area (Å²) in [7, 11) is -3.47. The fourth-order valence-corrected chi connectivity index (χ4v) is 14.8. The van der Waals surface area contributed by atoms with Gasteiger partial charge in [-0.05, 0) is 137 Å². The van der Waals surface area contributed by atoms with Crippen molar-refractivity contribution in [1.29, 1.82) is 0 Å². The summed E-state index contributed by atoms with van der Waals surface area (Å²) in [6.07, 6.45) is 11.2. The molecule has 3 heterocycles. The second kappa shape index (κ2) is 12.2. The summed E-state index contributed by atoms with van der Waals surface area (Å²) < 4.78 is 35.2. The first-order valence-corrected chi connectivity index (χ1v) is 22.5. The first kappa shape index (κ1) is 38.8. The molecule has 0 saturated heterocycles. The van der Waals surface area contributed by atoms with Gasteiger partial charge in [-0.1, -0.05) is 69.4 Å². The first-order valence-electron chi connectivity index (χ1n) is 20.9. The third-order valence-electron chi connectivity index (χ3n) is 15.8. The van der Waals surface area contributed by atoms with Crippen molar-refractivity contribution in [2.75, 3.05) is 5.75 Å². The highest BCUT2D eigenvalue weighted by atomic mass is 32.2. The zero-order valence-electron chi connectivity index (χ0n) is 35.0. The number of aromatic hydroxyl groups is 1. The van der Waals surface area contributed by atoms with Gasteiger partial charge in [0.15, 0.2) is 9.84 Å². The Bertz CT molecular complexity index is 2570. The van der Waals surface area contributed by atoms with E-state index in [0.29, 0.717) is 22.9 Å². The van der Waals surface area contributed by atoms with Crippen molar-refractivity contribution < 1.29 is 28.5 Å². The van der Waals surface area contributed by atoms with Crippen LogP contribution in [0.2, 0.25) is 0 Å². The molecule has 2 aromatic carbocycles. The molecule has 8 atom stereocenters. The predicted molar refractivity (Wildman–Crippen MR) is 228 cm³/mol. The minimum absolute atomic E-state index is 0.0655. The van der Waals surface area contributed by atoms with Crippen LogP contribution in [-0.2, 0) is 26.4 Å². The molecule has 2 fully saturated rings. The highest BCUT2D eigenvalue weighted by Gasteiger charge is 2.67. The van der Waals surface area contributed by atoms with E-state index < -0.39 is 38.7 Å². The van der Waals surface area contributed by atoms with E-state index in [2.05, 4.69) is 77.7 Å².